The van der Waals surface area contributed by atoms with E-state index in [1.807, 2.05) is 0 Å². The van der Waals surface area contributed by atoms with E-state index in [9.17, 15) is 18.4 Å². The summed E-state index contributed by atoms with van der Waals surface area (Å²) in [5, 5.41) is 19.5. The molecule has 8 heteroatoms. The third-order valence-electron chi connectivity index (χ3n) is 2.18. The van der Waals surface area contributed by atoms with E-state index in [2.05, 4.69) is 5.32 Å². The Bertz CT molecular complexity index is 277. The average molecular weight is 268 g/mol. The molecule has 0 aliphatic rings. The van der Waals surface area contributed by atoms with Crippen molar-refractivity contribution in [2.75, 3.05) is 19.7 Å². The number of amides is 2. The maximum absolute atomic E-state index is 12.2. The molecule has 0 bridgehead atoms. The third-order valence-corrected chi connectivity index (χ3v) is 2.18. The number of aliphatic hydroxyl groups excluding tert-OH is 1. The van der Waals surface area contributed by atoms with Crippen LogP contribution in [0.15, 0.2) is 0 Å². The number of nitrogens with zero attached hydrogens (tertiary/aromatic N) is 1. The minimum absolute atomic E-state index is 0.115. The molecule has 2 amide bonds. The van der Waals surface area contributed by atoms with Gasteiger partial charge < -0.3 is 20.4 Å². The van der Waals surface area contributed by atoms with Gasteiger partial charge in [-0.1, -0.05) is 0 Å². The number of carboxylic acid groups (broad SMARTS) is 1. The number of nitrogens with one attached hydrogen (secondary N) is 1. The number of hydrogen-bond donors (Lipinski definition) is 3. The summed E-state index contributed by atoms with van der Waals surface area (Å²) >= 11 is 0. The van der Waals surface area contributed by atoms with Crippen LogP contribution in [-0.2, 0) is 4.79 Å². The van der Waals surface area contributed by atoms with Crippen LogP contribution in [0.25, 0.3) is 0 Å². The normalized spacial score (nSPS) is 12.3. The van der Waals surface area contributed by atoms with Crippen LogP contribution < -0.4 is 5.32 Å². The van der Waals surface area contributed by atoms with E-state index in [-0.39, 0.29) is 19.4 Å². The van der Waals surface area contributed by atoms with Crippen LogP contribution in [0.2, 0.25) is 0 Å². The zero-order valence-electron chi connectivity index (χ0n) is 10.1. The van der Waals surface area contributed by atoms with Gasteiger partial charge in [0.15, 0.2) is 0 Å². The molecule has 0 radical (unpaired) electrons. The first-order valence-electron chi connectivity index (χ1n) is 5.53. The number of urea groups is 1. The van der Waals surface area contributed by atoms with Gasteiger partial charge in [0, 0.05) is 19.0 Å². The van der Waals surface area contributed by atoms with Crippen molar-refractivity contribution in [3.8, 4) is 0 Å². The monoisotopic (exact) mass is 268 g/mol. The second kappa shape index (κ2) is 8.62. The van der Waals surface area contributed by atoms with E-state index < -0.39 is 37.6 Å². The summed E-state index contributed by atoms with van der Waals surface area (Å²) in [6.45, 7) is 0.212. The Balaban J connectivity index is 4.18. The van der Waals surface area contributed by atoms with E-state index >= 15 is 0 Å². The fourth-order valence-corrected chi connectivity index (χ4v) is 1.28. The zero-order valence-corrected chi connectivity index (χ0v) is 10.1. The molecule has 0 saturated heterocycles. The van der Waals surface area contributed by atoms with Crippen LogP contribution in [0, 0.1) is 0 Å². The van der Waals surface area contributed by atoms with Crippen LogP contribution >= 0.6 is 0 Å². The lowest BCUT2D eigenvalue weighted by Gasteiger charge is -2.24. The predicted molar refractivity (Wildman–Crippen MR) is 59.5 cm³/mol. The molecule has 0 aliphatic carbocycles. The number of carboxylic acids is 1. The summed E-state index contributed by atoms with van der Waals surface area (Å²) in [7, 11) is 0. The summed E-state index contributed by atoms with van der Waals surface area (Å²) in [6.07, 6.45) is -2.59. The van der Waals surface area contributed by atoms with E-state index in [0.29, 0.717) is 0 Å². The molecule has 6 nitrogen and oxygen atoms in total. The molecular weight excluding hydrogens is 250 g/mol. The molecule has 0 fully saturated rings. The van der Waals surface area contributed by atoms with Gasteiger partial charge in [-0.15, -0.1) is 0 Å². The summed E-state index contributed by atoms with van der Waals surface area (Å²) in [5.74, 6) is -0.990. The second-order valence-corrected chi connectivity index (χ2v) is 3.84. The Labute approximate surface area is 104 Å². The number of aliphatic hydroxyl groups is 1. The molecule has 0 aromatic heterocycles. The molecule has 0 aromatic carbocycles. The highest BCUT2D eigenvalue weighted by Gasteiger charge is 2.19. The van der Waals surface area contributed by atoms with Crippen LogP contribution in [0.5, 0.6) is 0 Å². The highest BCUT2D eigenvalue weighted by molar-refractivity contribution is 5.74. The van der Waals surface area contributed by atoms with Gasteiger partial charge in [-0.25, -0.2) is 13.6 Å². The van der Waals surface area contributed by atoms with Crippen molar-refractivity contribution in [2.45, 2.75) is 32.2 Å². The zero-order chi connectivity index (χ0) is 14.1. The summed E-state index contributed by atoms with van der Waals surface area (Å²) in [4.78, 5) is 22.7. The van der Waals surface area contributed by atoms with Crippen LogP contribution in [0.3, 0.4) is 0 Å². The number of aliphatic carboxylic acids is 1. The van der Waals surface area contributed by atoms with Gasteiger partial charge in [-0.2, -0.15) is 0 Å². The summed E-state index contributed by atoms with van der Waals surface area (Å²) < 4.78 is 24.4. The largest absolute Gasteiger partial charge is 0.481 e. The minimum Gasteiger partial charge on any atom is -0.481 e. The minimum atomic E-state index is -2.68. The van der Waals surface area contributed by atoms with Gasteiger partial charge in [0.05, 0.1) is 13.2 Å². The van der Waals surface area contributed by atoms with E-state index in [1.54, 1.807) is 6.92 Å². The predicted octanol–water partition coefficient (Wildman–Crippen LogP) is 0.509. The third kappa shape index (κ3) is 7.77. The molecule has 0 spiro atoms. The lowest BCUT2D eigenvalue weighted by Crippen LogP contribution is -2.46. The molecular formula is C10H18F2N2O4. The average Bonchev–Trinajstić information content (AvgIpc) is 2.25. The lowest BCUT2D eigenvalue weighted by molar-refractivity contribution is -0.137. The van der Waals surface area contributed by atoms with Gasteiger partial charge >= 0.3 is 12.0 Å². The van der Waals surface area contributed by atoms with Gasteiger partial charge in [-0.3, -0.25) is 4.79 Å². The van der Waals surface area contributed by atoms with E-state index in [1.165, 1.54) is 0 Å². The van der Waals surface area contributed by atoms with Gasteiger partial charge in [-0.05, 0) is 13.3 Å². The molecule has 0 aliphatic heterocycles. The Hall–Kier alpha value is -1.44. The summed E-state index contributed by atoms with van der Waals surface area (Å²) in [6, 6.07) is -1.17. The van der Waals surface area contributed by atoms with Crippen LogP contribution in [0.4, 0.5) is 13.6 Å². The van der Waals surface area contributed by atoms with Gasteiger partial charge in [0.1, 0.15) is 0 Å². The number of alkyl halides is 2. The van der Waals surface area contributed by atoms with Crippen LogP contribution in [-0.4, -0.2) is 59.3 Å². The van der Waals surface area contributed by atoms with E-state index in [0.717, 1.165) is 4.90 Å². The number of hydrogen-bond acceptors (Lipinski definition) is 3. The SMILES string of the molecule is CC(CCC(=O)O)NC(=O)N(CCO)CC(F)F. The maximum atomic E-state index is 12.2. The number of carbonyl (C=O) groups excluding carboxylic acids is 1. The lowest BCUT2D eigenvalue weighted by atomic mass is 10.2. The van der Waals surface area contributed by atoms with Gasteiger partial charge in [0.25, 0.3) is 6.43 Å². The van der Waals surface area contributed by atoms with Crippen molar-refractivity contribution >= 4 is 12.0 Å². The molecule has 0 saturated carbocycles. The maximum Gasteiger partial charge on any atom is 0.317 e. The van der Waals surface area contributed by atoms with Crippen molar-refractivity contribution < 1.29 is 28.6 Å². The Morgan fingerprint density at radius 1 is 1.39 bits per heavy atom. The fraction of sp³-hybridized carbons (Fsp3) is 0.800. The molecule has 0 heterocycles. The molecule has 1 unspecified atom stereocenters. The number of carbonyl (C=O) groups is 2. The highest BCUT2D eigenvalue weighted by atomic mass is 19.3. The molecule has 18 heavy (non-hydrogen) atoms. The molecule has 1 atom stereocenters. The van der Waals surface area contributed by atoms with Gasteiger partial charge in [0.2, 0.25) is 0 Å². The quantitative estimate of drug-likeness (QED) is 0.598. The van der Waals surface area contributed by atoms with E-state index in [4.69, 9.17) is 10.2 Å². The first-order valence-corrected chi connectivity index (χ1v) is 5.53. The molecule has 0 rings (SSSR count). The molecule has 0 aromatic rings. The number of rotatable bonds is 8. The topological polar surface area (TPSA) is 89.9 Å². The van der Waals surface area contributed by atoms with Crippen molar-refractivity contribution in [3.63, 3.8) is 0 Å². The highest BCUT2D eigenvalue weighted by Crippen LogP contribution is 2.01. The van der Waals surface area contributed by atoms with Crippen molar-refractivity contribution in [2.24, 2.45) is 0 Å². The summed E-state index contributed by atoms with van der Waals surface area (Å²) in [5.41, 5.74) is 0. The fourth-order valence-electron chi connectivity index (χ4n) is 1.28. The standard InChI is InChI=1S/C10H18F2N2O4/c1-7(2-3-9(16)17)13-10(18)14(4-5-15)6-8(11)12/h7-8,15H,2-6H2,1H3,(H,13,18)(H,16,17). The van der Waals surface area contributed by atoms with Crippen molar-refractivity contribution in [3.05, 3.63) is 0 Å². The first kappa shape index (κ1) is 16.6. The van der Waals surface area contributed by atoms with Crippen molar-refractivity contribution in [1.29, 1.82) is 0 Å². The van der Waals surface area contributed by atoms with Crippen molar-refractivity contribution in [1.82, 2.24) is 10.2 Å². The van der Waals surface area contributed by atoms with Crippen LogP contribution in [0.1, 0.15) is 19.8 Å². The smallest absolute Gasteiger partial charge is 0.317 e. The Kier molecular flexibility index (Phi) is 7.93. The second-order valence-electron chi connectivity index (χ2n) is 3.84. The molecule has 106 valence electrons. The Morgan fingerprint density at radius 3 is 2.44 bits per heavy atom. The first-order chi connectivity index (χ1) is 8.36. The Morgan fingerprint density at radius 2 is 2.00 bits per heavy atom. The number of halogens is 2. The molecule has 3 N–H and O–H groups in total.